The molecule has 120 valence electrons. The molecule has 0 saturated carbocycles. The third-order valence-electron chi connectivity index (χ3n) is 3.38. The summed E-state index contributed by atoms with van der Waals surface area (Å²) >= 11 is 0. The van der Waals surface area contributed by atoms with Gasteiger partial charge in [0.05, 0.1) is 12.4 Å². The normalized spacial score (nSPS) is 11.7. The first-order valence-corrected chi connectivity index (χ1v) is 9.38. The number of hydrogen-bond acceptors (Lipinski definition) is 3. The molecule has 0 aromatic heterocycles. The quantitative estimate of drug-likeness (QED) is 0.617. The van der Waals surface area contributed by atoms with E-state index in [1.54, 1.807) is 24.3 Å². The maximum Gasteiger partial charge on any atom is 0.215 e. The summed E-state index contributed by atoms with van der Waals surface area (Å²) < 4.78 is 26.6. The third kappa shape index (κ3) is 8.19. The van der Waals surface area contributed by atoms with E-state index in [1.165, 1.54) is 25.7 Å². The molecule has 21 heavy (non-hydrogen) atoms. The maximum absolute atomic E-state index is 12.0. The number of aliphatic hydroxyl groups is 1. The molecule has 0 unspecified atom stereocenters. The molecule has 0 aliphatic heterocycles. The van der Waals surface area contributed by atoms with Gasteiger partial charge in [-0.25, -0.2) is 13.1 Å². The molecular formula is C16H27NO3S. The van der Waals surface area contributed by atoms with Crippen molar-refractivity contribution < 1.29 is 13.5 Å². The van der Waals surface area contributed by atoms with Gasteiger partial charge in [0.15, 0.2) is 0 Å². The lowest BCUT2D eigenvalue weighted by Crippen LogP contribution is -2.26. The van der Waals surface area contributed by atoms with Crippen LogP contribution >= 0.6 is 0 Å². The minimum absolute atomic E-state index is 0.0311. The molecule has 5 heteroatoms. The highest BCUT2D eigenvalue weighted by Gasteiger charge is 2.10. The van der Waals surface area contributed by atoms with E-state index in [-0.39, 0.29) is 12.4 Å². The molecule has 1 aromatic rings. The smallest absolute Gasteiger partial charge is 0.215 e. The van der Waals surface area contributed by atoms with E-state index in [0.29, 0.717) is 12.1 Å². The molecule has 1 aromatic carbocycles. The van der Waals surface area contributed by atoms with Crippen molar-refractivity contribution in [1.29, 1.82) is 0 Å². The molecule has 0 aliphatic rings. The van der Waals surface area contributed by atoms with Gasteiger partial charge in [0.1, 0.15) is 0 Å². The average molecular weight is 313 g/mol. The van der Waals surface area contributed by atoms with Crippen LogP contribution in [0.1, 0.15) is 56.6 Å². The number of benzene rings is 1. The number of hydrogen-bond donors (Lipinski definition) is 2. The summed E-state index contributed by atoms with van der Waals surface area (Å²) in [6, 6.07) is 7.04. The van der Waals surface area contributed by atoms with Gasteiger partial charge in [0, 0.05) is 6.54 Å². The Morgan fingerprint density at radius 2 is 1.71 bits per heavy atom. The Kier molecular flexibility index (Phi) is 8.57. The largest absolute Gasteiger partial charge is 0.392 e. The lowest BCUT2D eigenvalue weighted by atomic mass is 10.1. The molecule has 1 rings (SSSR count). The first-order valence-electron chi connectivity index (χ1n) is 7.73. The van der Waals surface area contributed by atoms with Gasteiger partial charge < -0.3 is 5.11 Å². The molecular weight excluding hydrogens is 286 g/mol. The maximum atomic E-state index is 12.0. The van der Waals surface area contributed by atoms with E-state index < -0.39 is 10.0 Å². The van der Waals surface area contributed by atoms with Crippen molar-refractivity contribution in [1.82, 2.24) is 4.72 Å². The summed E-state index contributed by atoms with van der Waals surface area (Å²) in [6.45, 7) is 2.62. The Labute approximate surface area is 128 Å². The predicted molar refractivity (Wildman–Crippen MR) is 86.4 cm³/mol. The van der Waals surface area contributed by atoms with Gasteiger partial charge in [0.2, 0.25) is 10.0 Å². The van der Waals surface area contributed by atoms with Crippen LogP contribution in [0.2, 0.25) is 0 Å². The minimum atomic E-state index is -3.29. The van der Waals surface area contributed by atoms with Gasteiger partial charge in [0.25, 0.3) is 0 Å². The Hall–Kier alpha value is -0.910. The molecule has 0 amide bonds. The second kappa shape index (κ2) is 9.92. The van der Waals surface area contributed by atoms with Gasteiger partial charge in [-0.1, -0.05) is 63.3 Å². The zero-order chi connectivity index (χ0) is 15.6. The number of rotatable bonds is 11. The Balaban J connectivity index is 2.30. The zero-order valence-electron chi connectivity index (χ0n) is 12.8. The van der Waals surface area contributed by atoms with Gasteiger partial charge in [-0.05, 0) is 17.5 Å². The molecule has 0 saturated heterocycles. The monoisotopic (exact) mass is 313 g/mol. The number of nitrogens with one attached hydrogen (secondary N) is 1. The molecule has 0 aliphatic carbocycles. The summed E-state index contributed by atoms with van der Waals surface area (Å²) in [4.78, 5) is 0. The van der Waals surface area contributed by atoms with Crippen molar-refractivity contribution in [2.45, 2.75) is 57.8 Å². The second-order valence-corrected chi connectivity index (χ2v) is 7.21. The highest BCUT2D eigenvalue weighted by Crippen LogP contribution is 2.09. The summed E-state index contributed by atoms with van der Waals surface area (Å²) in [6.07, 6.45) is 6.85. The van der Waals surface area contributed by atoms with Gasteiger partial charge >= 0.3 is 0 Å². The fourth-order valence-electron chi connectivity index (χ4n) is 2.22. The average Bonchev–Trinajstić information content (AvgIpc) is 2.46. The van der Waals surface area contributed by atoms with E-state index in [9.17, 15) is 8.42 Å². The standard InChI is InChI=1S/C16H27NO3S/c1-2-3-4-5-6-7-11-17-21(19,20)14-16-10-8-9-15(12-16)13-18/h8-10,12,17-18H,2-7,11,13-14H2,1H3. The van der Waals surface area contributed by atoms with Crippen LogP contribution in [0.3, 0.4) is 0 Å². The molecule has 0 bridgehead atoms. The molecule has 0 fully saturated rings. The van der Waals surface area contributed by atoms with Crippen LogP contribution in [0.4, 0.5) is 0 Å². The van der Waals surface area contributed by atoms with Crippen LogP contribution in [0.15, 0.2) is 24.3 Å². The number of unbranched alkanes of at least 4 members (excludes halogenated alkanes) is 5. The highest BCUT2D eigenvalue weighted by atomic mass is 32.2. The van der Waals surface area contributed by atoms with E-state index in [2.05, 4.69) is 11.6 Å². The van der Waals surface area contributed by atoms with Crippen molar-refractivity contribution in [3.05, 3.63) is 35.4 Å². The van der Waals surface area contributed by atoms with Crippen molar-refractivity contribution in [2.24, 2.45) is 0 Å². The molecule has 0 radical (unpaired) electrons. The Morgan fingerprint density at radius 3 is 2.43 bits per heavy atom. The third-order valence-corrected chi connectivity index (χ3v) is 4.74. The van der Waals surface area contributed by atoms with E-state index >= 15 is 0 Å². The number of sulfonamides is 1. The minimum Gasteiger partial charge on any atom is -0.392 e. The van der Waals surface area contributed by atoms with Crippen LogP contribution in [0, 0.1) is 0 Å². The molecule has 0 heterocycles. The van der Waals surface area contributed by atoms with Crippen LogP contribution < -0.4 is 4.72 Å². The number of aliphatic hydroxyl groups excluding tert-OH is 1. The Morgan fingerprint density at radius 1 is 1.05 bits per heavy atom. The molecule has 0 spiro atoms. The van der Waals surface area contributed by atoms with E-state index in [1.807, 2.05) is 0 Å². The second-order valence-electron chi connectivity index (χ2n) is 5.40. The van der Waals surface area contributed by atoms with Crippen LogP contribution in [0.25, 0.3) is 0 Å². The van der Waals surface area contributed by atoms with E-state index in [4.69, 9.17) is 5.11 Å². The fraction of sp³-hybridized carbons (Fsp3) is 0.625. The van der Waals surface area contributed by atoms with Crippen molar-refractivity contribution in [3.63, 3.8) is 0 Å². The summed E-state index contributed by atoms with van der Waals surface area (Å²) in [5.41, 5.74) is 1.44. The fourth-order valence-corrected chi connectivity index (χ4v) is 3.40. The molecule has 0 atom stereocenters. The SMILES string of the molecule is CCCCCCCCNS(=O)(=O)Cc1cccc(CO)c1. The van der Waals surface area contributed by atoms with E-state index in [0.717, 1.165) is 18.4 Å². The Bertz CT molecular complexity index is 500. The molecule has 2 N–H and O–H groups in total. The lowest BCUT2D eigenvalue weighted by Gasteiger charge is -2.07. The first kappa shape index (κ1) is 18.1. The summed E-state index contributed by atoms with van der Waals surface area (Å²) in [5.74, 6) is -0.0311. The summed E-state index contributed by atoms with van der Waals surface area (Å²) in [5, 5.41) is 9.06. The topological polar surface area (TPSA) is 66.4 Å². The van der Waals surface area contributed by atoms with Crippen molar-refractivity contribution in [2.75, 3.05) is 6.54 Å². The summed E-state index contributed by atoms with van der Waals surface area (Å²) in [7, 11) is -3.29. The van der Waals surface area contributed by atoms with Crippen LogP contribution in [0.5, 0.6) is 0 Å². The highest BCUT2D eigenvalue weighted by molar-refractivity contribution is 7.88. The lowest BCUT2D eigenvalue weighted by molar-refractivity contribution is 0.282. The van der Waals surface area contributed by atoms with Crippen molar-refractivity contribution >= 4 is 10.0 Å². The predicted octanol–water partition coefficient (Wildman–Crippen LogP) is 2.96. The molecule has 4 nitrogen and oxygen atoms in total. The van der Waals surface area contributed by atoms with Gasteiger partial charge in [-0.15, -0.1) is 0 Å². The zero-order valence-corrected chi connectivity index (χ0v) is 13.7. The van der Waals surface area contributed by atoms with Gasteiger partial charge in [-0.2, -0.15) is 0 Å². The van der Waals surface area contributed by atoms with Crippen molar-refractivity contribution in [3.8, 4) is 0 Å². The van der Waals surface area contributed by atoms with Crippen LogP contribution in [-0.4, -0.2) is 20.1 Å². The van der Waals surface area contributed by atoms with Crippen LogP contribution in [-0.2, 0) is 22.4 Å². The van der Waals surface area contributed by atoms with Gasteiger partial charge in [-0.3, -0.25) is 0 Å². The first-order chi connectivity index (χ1) is 10.1.